The Hall–Kier alpha value is -2.45. The Labute approximate surface area is 153 Å². The number of hydrogen-bond donors (Lipinski definition) is 1. The Morgan fingerprint density at radius 3 is 2.23 bits per heavy atom. The van der Waals surface area contributed by atoms with Gasteiger partial charge in [0, 0.05) is 20.6 Å². The van der Waals surface area contributed by atoms with Crippen molar-refractivity contribution in [3.63, 3.8) is 0 Å². The lowest BCUT2D eigenvalue weighted by Crippen LogP contribution is -2.46. The highest BCUT2D eigenvalue weighted by molar-refractivity contribution is 7.90. The van der Waals surface area contributed by atoms with E-state index in [0.29, 0.717) is 18.7 Å². The summed E-state index contributed by atoms with van der Waals surface area (Å²) in [6.45, 7) is 0.00303. The number of anilines is 1. The summed E-state index contributed by atoms with van der Waals surface area (Å²) in [5.41, 5.74) is 1.29. The molecule has 0 saturated heterocycles. The maximum Gasteiger partial charge on any atom is 0.304 e. The monoisotopic (exact) mass is 379 g/mol. The van der Waals surface area contributed by atoms with Crippen LogP contribution in [0.2, 0.25) is 0 Å². The van der Waals surface area contributed by atoms with E-state index in [-0.39, 0.29) is 12.4 Å². The fraction of sp³-hybridized carbons (Fsp3) is 0.278. The predicted octanol–water partition coefficient (Wildman–Crippen LogP) is 1.80. The number of halogens is 1. The van der Waals surface area contributed by atoms with Gasteiger partial charge >= 0.3 is 10.2 Å². The molecule has 0 aromatic heterocycles. The molecule has 0 aliphatic rings. The quantitative estimate of drug-likeness (QED) is 0.760. The SMILES string of the molecule is CN(C)S(=O)(=O)N(CC(=O)NCCc1ccc(F)cc1)c1ccccc1. The largest absolute Gasteiger partial charge is 0.354 e. The van der Waals surface area contributed by atoms with Gasteiger partial charge in [0.1, 0.15) is 12.4 Å². The van der Waals surface area contributed by atoms with Crippen LogP contribution in [0.25, 0.3) is 0 Å². The van der Waals surface area contributed by atoms with Crippen LogP contribution in [-0.2, 0) is 21.4 Å². The summed E-state index contributed by atoms with van der Waals surface area (Å²) in [7, 11) is -0.976. The smallest absolute Gasteiger partial charge is 0.304 e. The summed E-state index contributed by atoms with van der Waals surface area (Å²) >= 11 is 0. The van der Waals surface area contributed by atoms with Gasteiger partial charge in [0.15, 0.2) is 0 Å². The molecule has 0 atom stereocenters. The van der Waals surface area contributed by atoms with E-state index < -0.39 is 16.1 Å². The van der Waals surface area contributed by atoms with E-state index in [0.717, 1.165) is 14.2 Å². The van der Waals surface area contributed by atoms with Crippen LogP contribution in [0, 0.1) is 5.82 Å². The summed E-state index contributed by atoms with van der Waals surface area (Å²) in [5, 5.41) is 2.70. The molecule has 2 rings (SSSR count). The molecule has 8 heteroatoms. The number of para-hydroxylation sites is 1. The summed E-state index contributed by atoms with van der Waals surface area (Å²) in [5.74, 6) is -0.730. The highest BCUT2D eigenvalue weighted by Crippen LogP contribution is 2.18. The zero-order valence-electron chi connectivity index (χ0n) is 14.7. The number of nitrogens with zero attached hydrogens (tertiary/aromatic N) is 2. The zero-order valence-corrected chi connectivity index (χ0v) is 15.5. The minimum absolute atomic E-state index is 0.315. The molecule has 0 bridgehead atoms. The molecule has 1 N–H and O–H groups in total. The maximum absolute atomic E-state index is 12.9. The van der Waals surface area contributed by atoms with Gasteiger partial charge < -0.3 is 5.32 Å². The summed E-state index contributed by atoms with van der Waals surface area (Å²) in [6, 6.07) is 14.5. The molecule has 0 spiro atoms. The third-order valence-corrected chi connectivity index (χ3v) is 5.54. The number of carbonyl (C=O) groups excluding carboxylic acids is 1. The van der Waals surface area contributed by atoms with Crippen molar-refractivity contribution in [3.05, 3.63) is 66.0 Å². The maximum atomic E-state index is 12.9. The standard InChI is InChI=1S/C18H22FN3O3S/c1-21(2)26(24,25)22(17-6-4-3-5-7-17)14-18(23)20-13-12-15-8-10-16(19)11-9-15/h3-11H,12-14H2,1-2H3,(H,20,23). The average molecular weight is 379 g/mol. The fourth-order valence-corrected chi connectivity index (χ4v) is 3.34. The third-order valence-electron chi connectivity index (χ3n) is 3.72. The summed E-state index contributed by atoms with van der Waals surface area (Å²) in [6.07, 6.45) is 0.526. The van der Waals surface area contributed by atoms with Gasteiger partial charge in [-0.1, -0.05) is 30.3 Å². The van der Waals surface area contributed by atoms with Gasteiger partial charge in [-0.25, -0.2) is 8.70 Å². The first-order valence-electron chi connectivity index (χ1n) is 8.07. The lowest BCUT2D eigenvalue weighted by molar-refractivity contribution is -0.119. The number of nitrogens with one attached hydrogen (secondary N) is 1. The second kappa shape index (κ2) is 8.77. The molecule has 0 heterocycles. The van der Waals surface area contributed by atoms with E-state index in [2.05, 4.69) is 5.32 Å². The topological polar surface area (TPSA) is 69.7 Å². The first kappa shape index (κ1) is 19.9. The number of benzene rings is 2. The van der Waals surface area contributed by atoms with Crippen LogP contribution in [-0.4, -0.2) is 45.8 Å². The minimum Gasteiger partial charge on any atom is -0.354 e. The molecule has 2 aromatic carbocycles. The van der Waals surface area contributed by atoms with E-state index in [1.807, 2.05) is 0 Å². The molecule has 0 fully saturated rings. The number of amides is 1. The minimum atomic E-state index is -3.80. The average Bonchev–Trinajstić information content (AvgIpc) is 2.62. The Kier molecular flexibility index (Phi) is 6.70. The van der Waals surface area contributed by atoms with E-state index >= 15 is 0 Å². The number of hydrogen-bond acceptors (Lipinski definition) is 3. The second-order valence-corrected chi connectivity index (χ2v) is 7.93. The van der Waals surface area contributed by atoms with Gasteiger partial charge in [0.25, 0.3) is 0 Å². The molecule has 6 nitrogen and oxygen atoms in total. The van der Waals surface area contributed by atoms with Gasteiger partial charge in [-0.3, -0.25) is 4.79 Å². The molecule has 0 aliphatic carbocycles. The molecule has 26 heavy (non-hydrogen) atoms. The van der Waals surface area contributed by atoms with Crippen LogP contribution in [0.15, 0.2) is 54.6 Å². The second-order valence-electron chi connectivity index (χ2n) is 5.86. The van der Waals surface area contributed by atoms with Crippen molar-refractivity contribution in [2.24, 2.45) is 0 Å². The van der Waals surface area contributed by atoms with Crippen LogP contribution in [0.3, 0.4) is 0 Å². The number of rotatable bonds is 8. The van der Waals surface area contributed by atoms with Crippen LogP contribution in [0.4, 0.5) is 10.1 Å². The lowest BCUT2D eigenvalue weighted by Gasteiger charge is -2.26. The van der Waals surface area contributed by atoms with Crippen LogP contribution in [0.1, 0.15) is 5.56 Å². The van der Waals surface area contributed by atoms with E-state index in [9.17, 15) is 17.6 Å². The van der Waals surface area contributed by atoms with Gasteiger partial charge in [0.2, 0.25) is 5.91 Å². The summed E-state index contributed by atoms with van der Waals surface area (Å²) < 4.78 is 40.1. The third kappa shape index (κ3) is 5.27. The Morgan fingerprint density at radius 1 is 1.04 bits per heavy atom. The predicted molar refractivity (Wildman–Crippen MR) is 99.5 cm³/mol. The van der Waals surface area contributed by atoms with Crippen LogP contribution >= 0.6 is 0 Å². The van der Waals surface area contributed by atoms with Crippen molar-refractivity contribution in [1.29, 1.82) is 0 Å². The zero-order chi connectivity index (χ0) is 19.2. The van der Waals surface area contributed by atoms with Gasteiger partial charge in [-0.15, -0.1) is 0 Å². The highest BCUT2D eigenvalue weighted by atomic mass is 32.2. The van der Waals surface area contributed by atoms with Gasteiger partial charge in [-0.2, -0.15) is 12.7 Å². The van der Waals surface area contributed by atoms with Crippen molar-refractivity contribution in [2.75, 3.05) is 31.5 Å². The molecule has 140 valence electrons. The van der Waals surface area contributed by atoms with Crippen molar-refractivity contribution in [1.82, 2.24) is 9.62 Å². The van der Waals surface area contributed by atoms with E-state index in [1.165, 1.54) is 26.2 Å². The van der Waals surface area contributed by atoms with Crippen molar-refractivity contribution in [3.8, 4) is 0 Å². The molecule has 0 unspecified atom stereocenters. The molecular weight excluding hydrogens is 357 g/mol. The first-order chi connectivity index (χ1) is 12.3. The van der Waals surface area contributed by atoms with E-state index in [4.69, 9.17) is 0 Å². The Morgan fingerprint density at radius 2 is 1.65 bits per heavy atom. The van der Waals surface area contributed by atoms with Gasteiger partial charge in [0.05, 0.1) is 5.69 Å². The van der Waals surface area contributed by atoms with Crippen LogP contribution < -0.4 is 9.62 Å². The normalized spacial score (nSPS) is 11.4. The molecule has 0 saturated carbocycles. The number of carbonyl (C=O) groups is 1. The fourth-order valence-electron chi connectivity index (χ4n) is 2.28. The molecule has 1 amide bonds. The Bertz CT molecular complexity index is 825. The van der Waals surface area contributed by atoms with E-state index in [1.54, 1.807) is 42.5 Å². The highest BCUT2D eigenvalue weighted by Gasteiger charge is 2.26. The molecule has 0 radical (unpaired) electrons. The lowest BCUT2D eigenvalue weighted by atomic mass is 10.1. The molecule has 2 aromatic rings. The van der Waals surface area contributed by atoms with Crippen LogP contribution in [0.5, 0.6) is 0 Å². The summed E-state index contributed by atoms with van der Waals surface area (Å²) in [4.78, 5) is 12.2. The molecule has 0 aliphatic heterocycles. The van der Waals surface area contributed by atoms with Crippen molar-refractivity contribution < 1.29 is 17.6 Å². The van der Waals surface area contributed by atoms with Gasteiger partial charge in [-0.05, 0) is 36.2 Å². The van der Waals surface area contributed by atoms with Crippen molar-refractivity contribution in [2.45, 2.75) is 6.42 Å². The van der Waals surface area contributed by atoms with Crippen molar-refractivity contribution >= 4 is 21.8 Å². The molecular formula is C18H22FN3O3S. The first-order valence-corrected chi connectivity index (χ1v) is 9.47. The Balaban J connectivity index is 2.01.